The van der Waals surface area contributed by atoms with Crippen LogP contribution in [0.2, 0.25) is 0 Å². The van der Waals surface area contributed by atoms with Crippen molar-refractivity contribution < 1.29 is 23.2 Å². The van der Waals surface area contributed by atoms with Crippen LogP contribution in [-0.2, 0) is 23.2 Å². The summed E-state index contributed by atoms with van der Waals surface area (Å²) in [6, 6.07) is 0. The van der Waals surface area contributed by atoms with Crippen molar-refractivity contribution in [2.24, 2.45) is 4.52 Å². The first-order valence-corrected chi connectivity index (χ1v) is 19.6. The summed E-state index contributed by atoms with van der Waals surface area (Å²) in [5, 5.41) is 0. The second-order valence-electron chi connectivity index (χ2n) is 9.28. The van der Waals surface area contributed by atoms with Gasteiger partial charge in [-0.15, -0.1) is 0 Å². The van der Waals surface area contributed by atoms with E-state index in [0.29, 0.717) is 33.0 Å². The molecular formula is C25H55ClN3O5P3. The quantitative estimate of drug-likeness (QED) is 0.0757. The Balaban J connectivity index is 3.30. The van der Waals surface area contributed by atoms with E-state index in [0.717, 1.165) is 96.3 Å². The Morgan fingerprint density at radius 2 is 1.03 bits per heavy atom. The molecule has 1 rings (SSSR count). The van der Waals surface area contributed by atoms with Gasteiger partial charge >= 0.3 is 7.66 Å². The van der Waals surface area contributed by atoms with Crippen LogP contribution in [0.5, 0.6) is 0 Å². The van der Waals surface area contributed by atoms with Gasteiger partial charge in [0.05, 0.1) is 33.0 Å². The van der Waals surface area contributed by atoms with Gasteiger partial charge in [0.25, 0.3) is 8.45 Å². The summed E-state index contributed by atoms with van der Waals surface area (Å²) in [6.45, 7) is 13.8. The SMILES string of the molecule is CCCCCON1P(Cl)N=P(OCCCCC)(OCCCCC)N(OCCCCC)P1OCCCCC. The lowest BCUT2D eigenvalue weighted by atomic mass is 10.3. The molecular weight excluding hydrogens is 551 g/mol. The highest BCUT2D eigenvalue weighted by Gasteiger charge is 2.51. The molecule has 222 valence electrons. The van der Waals surface area contributed by atoms with E-state index in [9.17, 15) is 0 Å². The molecule has 0 aliphatic carbocycles. The van der Waals surface area contributed by atoms with E-state index in [4.69, 9.17) is 39.0 Å². The molecule has 0 N–H and O–H groups in total. The van der Waals surface area contributed by atoms with Crippen molar-refractivity contribution in [3.05, 3.63) is 0 Å². The van der Waals surface area contributed by atoms with Crippen LogP contribution in [-0.4, -0.2) is 42.2 Å². The molecule has 8 nitrogen and oxygen atoms in total. The van der Waals surface area contributed by atoms with Gasteiger partial charge in [-0.1, -0.05) is 103 Å². The second-order valence-corrected chi connectivity index (χ2v) is 15.7. The number of unbranched alkanes of at least 4 members (excludes halogenated alkanes) is 10. The molecule has 1 heterocycles. The summed E-state index contributed by atoms with van der Waals surface area (Å²) in [5.41, 5.74) is 0. The molecule has 37 heavy (non-hydrogen) atoms. The Labute approximate surface area is 235 Å². The summed E-state index contributed by atoms with van der Waals surface area (Å²) in [4.78, 5) is 12.7. The topological polar surface area (TPSA) is 65.0 Å². The van der Waals surface area contributed by atoms with Crippen molar-refractivity contribution in [2.75, 3.05) is 33.0 Å². The van der Waals surface area contributed by atoms with E-state index >= 15 is 0 Å². The molecule has 0 saturated carbocycles. The summed E-state index contributed by atoms with van der Waals surface area (Å²) < 4.78 is 28.2. The van der Waals surface area contributed by atoms with Gasteiger partial charge in [-0.2, -0.15) is 4.52 Å². The van der Waals surface area contributed by atoms with E-state index in [1.807, 2.05) is 4.60 Å². The third-order valence-corrected chi connectivity index (χ3v) is 13.9. The Hall–Kier alpha value is 1.10. The van der Waals surface area contributed by atoms with Crippen molar-refractivity contribution in [1.29, 1.82) is 0 Å². The fraction of sp³-hybridized carbons (Fsp3) is 1.00. The summed E-state index contributed by atoms with van der Waals surface area (Å²) in [7, 11) is -6.01. The molecule has 2 atom stereocenters. The predicted octanol–water partition coefficient (Wildman–Crippen LogP) is 11.1. The molecule has 1 aliphatic heterocycles. The van der Waals surface area contributed by atoms with Crippen LogP contribution in [0.1, 0.15) is 131 Å². The third kappa shape index (κ3) is 14.5. The van der Waals surface area contributed by atoms with Gasteiger partial charge in [-0.05, 0) is 47.9 Å². The lowest BCUT2D eigenvalue weighted by molar-refractivity contribution is -0.0793. The Morgan fingerprint density at radius 1 is 0.595 bits per heavy atom. The van der Waals surface area contributed by atoms with Crippen LogP contribution in [0.15, 0.2) is 4.52 Å². The van der Waals surface area contributed by atoms with Gasteiger partial charge in [0, 0.05) is 0 Å². The van der Waals surface area contributed by atoms with E-state index in [-0.39, 0.29) is 0 Å². The van der Waals surface area contributed by atoms with Crippen LogP contribution in [0.3, 0.4) is 0 Å². The fourth-order valence-corrected chi connectivity index (χ4v) is 12.1. The fourth-order valence-electron chi connectivity index (χ4n) is 3.46. The zero-order valence-corrected chi connectivity index (χ0v) is 27.7. The monoisotopic (exact) mass is 605 g/mol. The van der Waals surface area contributed by atoms with Crippen molar-refractivity contribution >= 4 is 34.9 Å². The van der Waals surface area contributed by atoms with Crippen LogP contribution in [0.4, 0.5) is 0 Å². The smallest absolute Gasteiger partial charge is 0.327 e. The molecule has 0 spiro atoms. The van der Waals surface area contributed by atoms with Gasteiger partial charge in [0.1, 0.15) is 0 Å². The highest BCUT2D eigenvalue weighted by Crippen LogP contribution is 2.80. The van der Waals surface area contributed by atoms with Crippen molar-refractivity contribution in [2.45, 2.75) is 131 Å². The third-order valence-electron chi connectivity index (χ3n) is 5.72. The minimum absolute atomic E-state index is 0.558. The first kappa shape index (κ1) is 36.1. The molecule has 0 amide bonds. The lowest BCUT2D eigenvalue weighted by Gasteiger charge is -2.44. The molecule has 2 unspecified atom stereocenters. The van der Waals surface area contributed by atoms with Crippen molar-refractivity contribution in [3.63, 3.8) is 0 Å². The van der Waals surface area contributed by atoms with Gasteiger partial charge in [0.2, 0.25) is 7.58 Å². The molecule has 1 aliphatic rings. The largest absolute Gasteiger partial charge is 0.328 e. The number of halogens is 1. The van der Waals surface area contributed by atoms with Gasteiger partial charge < -0.3 is 13.6 Å². The normalized spacial score (nSPS) is 20.4. The predicted molar refractivity (Wildman–Crippen MR) is 160 cm³/mol. The average molecular weight is 606 g/mol. The van der Waals surface area contributed by atoms with Crippen molar-refractivity contribution in [3.8, 4) is 0 Å². The second kappa shape index (κ2) is 23.8. The van der Waals surface area contributed by atoms with Crippen LogP contribution >= 0.6 is 34.9 Å². The summed E-state index contributed by atoms with van der Waals surface area (Å²) >= 11 is 6.96. The maximum absolute atomic E-state index is 6.96. The molecule has 0 saturated heterocycles. The Morgan fingerprint density at radius 3 is 1.51 bits per heavy atom. The first-order valence-electron chi connectivity index (χ1n) is 14.8. The molecule has 0 aromatic carbocycles. The standard InChI is InChI=1S/C25H55ClN3O5P3/c1-6-11-16-21-30-28-35(26)27-37(33-24-19-14-9-4,34-25-20-15-10-5)29(31-22-17-12-7-2)36(28)32-23-18-13-8-3/h6-25H2,1-5H3. The summed E-state index contributed by atoms with van der Waals surface area (Å²) in [6.07, 6.45) is 15.9. The Bertz CT molecular complexity index is 582. The Kier molecular flexibility index (Phi) is 23.2. The van der Waals surface area contributed by atoms with Gasteiger partial charge in [0.15, 0.2) is 0 Å². The molecule has 0 aromatic rings. The lowest BCUT2D eigenvalue weighted by Crippen LogP contribution is -2.31. The van der Waals surface area contributed by atoms with Gasteiger partial charge in [-0.3, -0.25) is 9.68 Å². The number of hydrogen-bond donors (Lipinski definition) is 0. The van der Waals surface area contributed by atoms with Gasteiger partial charge in [-0.25, -0.2) is 0 Å². The van der Waals surface area contributed by atoms with Crippen LogP contribution in [0, 0.1) is 0 Å². The highest BCUT2D eigenvalue weighted by molar-refractivity contribution is 7.91. The summed E-state index contributed by atoms with van der Waals surface area (Å²) in [5.74, 6) is 0. The number of nitrogens with zero attached hydrogens (tertiary/aromatic N) is 3. The van der Waals surface area contributed by atoms with Crippen LogP contribution < -0.4 is 0 Å². The number of hydrogen-bond acceptors (Lipinski definition) is 8. The minimum Gasteiger partial charge on any atom is -0.328 e. The van der Waals surface area contributed by atoms with Crippen LogP contribution in [0.25, 0.3) is 0 Å². The molecule has 0 aromatic heterocycles. The molecule has 12 heteroatoms. The maximum atomic E-state index is 6.96. The molecule has 0 fully saturated rings. The maximum Gasteiger partial charge on any atom is 0.327 e. The van der Waals surface area contributed by atoms with E-state index in [2.05, 4.69) is 34.6 Å². The van der Waals surface area contributed by atoms with E-state index < -0.39 is 23.7 Å². The van der Waals surface area contributed by atoms with E-state index in [1.54, 1.807) is 4.60 Å². The van der Waals surface area contributed by atoms with Crippen molar-refractivity contribution in [1.82, 2.24) is 9.21 Å². The minimum atomic E-state index is -2.96. The number of rotatable bonds is 25. The molecule has 0 radical (unpaired) electrons. The highest BCUT2D eigenvalue weighted by atomic mass is 35.7. The average Bonchev–Trinajstić information content (AvgIpc) is 2.90. The zero-order chi connectivity index (χ0) is 27.2. The zero-order valence-electron chi connectivity index (χ0n) is 24.2. The van der Waals surface area contributed by atoms with E-state index in [1.165, 1.54) is 0 Å². The first-order chi connectivity index (χ1) is 18.1. The molecule has 0 bridgehead atoms.